The van der Waals surface area contributed by atoms with Gasteiger partial charge < -0.3 is 5.32 Å². The number of nitrogens with zero attached hydrogens (tertiary/aromatic N) is 1. The van der Waals surface area contributed by atoms with Crippen molar-refractivity contribution in [1.29, 1.82) is 0 Å². The third-order valence-electron chi connectivity index (χ3n) is 4.64. The molecular weight excluding hydrogens is 292 g/mol. The molecule has 2 heterocycles. The van der Waals surface area contributed by atoms with Gasteiger partial charge in [0.15, 0.2) is 0 Å². The van der Waals surface area contributed by atoms with Crippen molar-refractivity contribution in [1.82, 2.24) is 4.90 Å². The molecule has 1 aliphatic carbocycles. The van der Waals surface area contributed by atoms with Crippen LogP contribution < -0.4 is 5.32 Å². The highest BCUT2D eigenvalue weighted by Gasteiger charge is 2.19. The molecule has 2 aliphatic rings. The molecule has 1 aliphatic heterocycles. The van der Waals surface area contributed by atoms with Crippen LogP contribution in [0.2, 0.25) is 0 Å². The molecule has 0 saturated carbocycles. The van der Waals surface area contributed by atoms with Gasteiger partial charge in [-0.2, -0.15) is 0 Å². The first kappa shape index (κ1) is 14.0. The first-order valence-electron chi connectivity index (χ1n) is 7.97. The lowest BCUT2D eigenvalue weighted by atomic mass is 10.1. The predicted octanol–water partition coefficient (Wildman–Crippen LogP) is 3.23. The summed E-state index contributed by atoms with van der Waals surface area (Å²) < 4.78 is 0. The monoisotopic (exact) mass is 312 g/mol. The molecule has 0 atom stereocenters. The van der Waals surface area contributed by atoms with E-state index in [0.29, 0.717) is 6.54 Å². The van der Waals surface area contributed by atoms with Gasteiger partial charge in [-0.25, -0.2) is 0 Å². The number of hydrogen-bond donors (Lipinski definition) is 1. The van der Waals surface area contributed by atoms with E-state index >= 15 is 0 Å². The zero-order chi connectivity index (χ0) is 14.9. The number of aryl methyl sites for hydroxylation is 2. The SMILES string of the molecule is O=C(CN1CCc2sccc2C1)Nc1ccc2c(c1)CCC2. The Bertz CT molecular complexity index is 707. The van der Waals surface area contributed by atoms with Gasteiger partial charge in [-0.1, -0.05) is 6.07 Å². The van der Waals surface area contributed by atoms with Crippen LogP contribution in [0.5, 0.6) is 0 Å². The van der Waals surface area contributed by atoms with E-state index in [-0.39, 0.29) is 5.91 Å². The van der Waals surface area contributed by atoms with Crippen molar-refractivity contribution in [3.63, 3.8) is 0 Å². The fourth-order valence-electron chi connectivity index (χ4n) is 3.50. The summed E-state index contributed by atoms with van der Waals surface area (Å²) in [4.78, 5) is 16.0. The molecule has 0 radical (unpaired) electrons. The van der Waals surface area contributed by atoms with Crippen molar-refractivity contribution in [2.24, 2.45) is 0 Å². The van der Waals surface area contributed by atoms with Crippen molar-refractivity contribution < 1.29 is 4.79 Å². The fourth-order valence-corrected chi connectivity index (χ4v) is 4.38. The van der Waals surface area contributed by atoms with Crippen LogP contribution in [-0.2, 0) is 30.6 Å². The topological polar surface area (TPSA) is 32.3 Å². The number of thiophene rings is 1. The van der Waals surface area contributed by atoms with Gasteiger partial charge in [0.1, 0.15) is 0 Å². The van der Waals surface area contributed by atoms with E-state index in [0.717, 1.165) is 31.6 Å². The number of rotatable bonds is 3. The van der Waals surface area contributed by atoms with Crippen LogP contribution in [0.4, 0.5) is 5.69 Å². The van der Waals surface area contributed by atoms with Crippen molar-refractivity contribution >= 4 is 22.9 Å². The summed E-state index contributed by atoms with van der Waals surface area (Å²) in [6, 6.07) is 8.53. The Balaban J connectivity index is 1.37. The molecule has 1 aromatic heterocycles. The summed E-state index contributed by atoms with van der Waals surface area (Å²) in [7, 11) is 0. The van der Waals surface area contributed by atoms with Gasteiger partial charge in [0.25, 0.3) is 0 Å². The largest absolute Gasteiger partial charge is 0.325 e. The van der Waals surface area contributed by atoms with E-state index in [2.05, 4.69) is 33.8 Å². The van der Waals surface area contributed by atoms with Gasteiger partial charge in [-0.05, 0) is 66.0 Å². The summed E-state index contributed by atoms with van der Waals surface area (Å²) in [6.07, 6.45) is 4.63. The molecule has 0 bridgehead atoms. The van der Waals surface area contributed by atoms with Crippen molar-refractivity contribution in [3.05, 3.63) is 51.2 Å². The second-order valence-electron chi connectivity index (χ2n) is 6.21. The average molecular weight is 312 g/mol. The van der Waals surface area contributed by atoms with Gasteiger partial charge >= 0.3 is 0 Å². The maximum absolute atomic E-state index is 12.3. The first-order valence-corrected chi connectivity index (χ1v) is 8.85. The number of benzene rings is 1. The zero-order valence-corrected chi connectivity index (χ0v) is 13.4. The van der Waals surface area contributed by atoms with Crippen LogP contribution >= 0.6 is 11.3 Å². The molecule has 0 saturated heterocycles. The number of carbonyl (C=O) groups excluding carboxylic acids is 1. The molecule has 0 spiro atoms. The predicted molar refractivity (Wildman–Crippen MR) is 90.4 cm³/mol. The lowest BCUT2D eigenvalue weighted by molar-refractivity contribution is -0.117. The molecule has 0 unspecified atom stereocenters. The Kier molecular flexibility index (Phi) is 3.72. The Labute approximate surface area is 135 Å². The standard InChI is InChI=1S/C18H20N2OS/c21-18(12-20-8-6-17-15(11-20)7-9-22-17)19-16-5-4-13-2-1-3-14(13)10-16/h4-5,7,9-10H,1-3,6,8,11-12H2,(H,19,21). The second kappa shape index (κ2) is 5.86. The molecule has 22 heavy (non-hydrogen) atoms. The van der Waals surface area contributed by atoms with Crippen LogP contribution in [-0.4, -0.2) is 23.9 Å². The van der Waals surface area contributed by atoms with Gasteiger partial charge in [-0.3, -0.25) is 9.69 Å². The number of amides is 1. The summed E-state index contributed by atoms with van der Waals surface area (Å²) >= 11 is 1.83. The molecule has 3 nitrogen and oxygen atoms in total. The molecule has 4 heteroatoms. The second-order valence-corrected chi connectivity index (χ2v) is 7.22. The van der Waals surface area contributed by atoms with Gasteiger partial charge in [0.2, 0.25) is 5.91 Å². The summed E-state index contributed by atoms with van der Waals surface area (Å²) in [6.45, 7) is 2.36. The minimum absolute atomic E-state index is 0.0941. The van der Waals surface area contributed by atoms with E-state index in [1.165, 1.54) is 34.4 Å². The molecule has 114 valence electrons. The zero-order valence-electron chi connectivity index (χ0n) is 12.6. The third-order valence-corrected chi connectivity index (χ3v) is 5.66. The molecule has 2 aromatic rings. The summed E-state index contributed by atoms with van der Waals surface area (Å²) in [5.41, 5.74) is 5.18. The maximum atomic E-state index is 12.3. The average Bonchev–Trinajstić information content (AvgIpc) is 3.14. The number of nitrogens with one attached hydrogen (secondary N) is 1. The van der Waals surface area contributed by atoms with Crippen molar-refractivity contribution in [2.75, 3.05) is 18.4 Å². The quantitative estimate of drug-likeness (QED) is 0.943. The lowest BCUT2D eigenvalue weighted by Gasteiger charge is -2.26. The number of anilines is 1. The minimum Gasteiger partial charge on any atom is -0.325 e. The first-order chi connectivity index (χ1) is 10.8. The van der Waals surface area contributed by atoms with Crippen LogP contribution in [0, 0.1) is 0 Å². The Hall–Kier alpha value is -1.65. The highest BCUT2D eigenvalue weighted by Crippen LogP contribution is 2.26. The highest BCUT2D eigenvalue weighted by atomic mass is 32.1. The Morgan fingerprint density at radius 1 is 1.14 bits per heavy atom. The Morgan fingerprint density at radius 2 is 2.05 bits per heavy atom. The molecular formula is C18H20N2OS. The van der Waals surface area contributed by atoms with Crippen LogP contribution in [0.25, 0.3) is 0 Å². The molecule has 1 aromatic carbocycles. The maximum Gasteiger partial charge on any atom is 0.238 e. The summed E-state index contributed by atoms with van der Waals surface area (Å²) in [5, 5.41) is 5.21. The normalized spacial score (nSPS) is 17.1. The van der Waals surface area contributed by atoms with E-state index in [1.807, 2.05) is 17.4 Å². The molecule has 4 rings (SSSR count). The fraction of sp³-hybridized carbons (Fsp3) is 0.389. The van der Waals surface area contributed by atoms with E-state index in [9.17, 15) is 4.79 Å². The molecule has 1 N–H and O–H groups in total. The van der Waals surface area contributed by atoms with Crippen molar-refractivity contribution in [2.45, 2.75) is 32.2 Å². The molecule has 1 amide bonds. The molecule has 0 fully saturated rings. The van der Waals surface area contributed by atoms with Gasteiger partial charge in [0, 0.05) is 23.7 Å². The van der Waals surface area contributed by atoms with E-state index in [1.54, 1.807) is 0 Å². The lowest BCUT2D eigenvalue weighted by Crippen LogP contribution is -2.36. The van der Waals surface area contributed by atoms with Crippen LogP contribution in [0.15, 0.2) is 29.6 Å². The van der Waals surface area contributed by atoms with Crippen molar-refractivity contribution in [3.8, 4) is 0 Å². The number of fused-ring (bicyclic) bond motifs is 2. The number of hydrogen-bond acceptors (Lipinski definition) is 3. The smallest absolute Gasteiger partial charge is 0.238 e. The van der Waals surface area contributed by atoms with Crippen LogP contribution in [0.3, 0.4) is 0 Å². The minimum atomic E-state index is 0.0941. The highest BCUT2D eigenvalue weighted by molar-refractivity contribution is 7.10. The van der Waals surface area contributed by atoms with E-state index < -0.39 is 0 Å². The van der Waals surface area contributed by atoms with E-state index in [4.69, 9.17) is 0 Å². The Morgan fingerprint density at radius 3 is 3.00 bits per heavy atom. The van der Waals surface area contributed by atoms with Gasteiger partial charge in [-0.15, -0.1) is 11.3 Å². The van der Waals surface area contributed by atoms with Crippen LogP contribution in [0.1, 0.15) is 28.0 Å². The third kappa shape index (κ3) is 2.81. The van der Waals surface area contributed by atoms with Gasteiger partial charge in [0.05, 0.1) is 6.54 Å². The number of carbonyl (C=O) groups is 1. The summed E-state index contributed by atoms with van der Waals surface area (Å²) in [5.74, 6) is 0.0941.